The van der Waals surface area contributed by atoms with Gasteiger partial charge in [0.25, 0.3) is 0 Å². The first-order chi connectivity index (χ1) is 18.8. The number of nitrogens with zero attached hydrogens (tertiary/aromatic N) is 4. The Hall–Kier alpha value is -3.10. The van der Waals surface area contributed by atoms with E-state index in [1.165, 1.54) is 0 Å². The fourth-order valence-electron chi connectivity index (χ4n) is 3.54. The van der Waals surface area contributed by atoms with Gasteiger partial charge in [-0.1, -0.05) is 26.7 Å². The van der Waals surface area contributed by atoms with Gasteiger partial charge in [0.15, 0.2) is 0 Å². The summed E-state index contributed by atoms with van der Waals surface area (Å²) in [5.74, 6) is 1.22. The highest BCUT2D eigenvalue weighted by Crippen LogP contribution is 2.22. The molecule has 0 atom stereocenters. The van der Waals surface area contributed by atoms with E-state index >= 15 is 0 Å². The Kier molecular flexibility index (Phi) is 14.1. The minimum absolute atomic E-state index is 0.610. The highest BCUT2D eigenvalue weighted by atomic mass is 16.5. The first kappa shape index (κ1) is 29.5. The van der Waals surface area contributed by atoms with E-state index in [4.69, 9.17) is 18.9 Å². The lowest BCUT2D eigenvalue weighted by Gasteiger charge is -2.08. The summed E-state index contributed by atoms with van der Waals surface area (Å²) in [6, 6.07) is 11.5. The molecule has 0 saturated heterocycles. The number of hydrogen-bond donors (Lipinski definition) is 0. The third kappa shape index (κ3) is 11.1. The van der Waals surface area contributed by atoms with Crippen LogP contribution in [0.3, 0.4) is 0 Å². The quantitative estimate of drug-likeness (QED) is 0.154. The van der Waals surface area contributed by atoms with Crippen LogP contribution in [-0.4, -0.2) is 59.8 Å². The Morgan fingerprint density at radius 1 is 0.500 bits per heavy atom. The van der Waals surface area contributed by atoms with Gasteiger partial charge in [-0.3, -0.25) is 0 Å². The van der Waals surface area contributed by atoms with Crippen LogP contribution in [0.5, 0.6) is 11.8 Å². The van der Waals surface area contributed by atoms with Crippen molar-refractivity contribution in [3.8, 4) is 34.3 Å². The maximum absolute atomic E-state index is 5.74. The average Bonchev–Trinajstić information content (AvgIpc) is 2.97. The van der Waals surface area contributed by atoms with E-state index in [9.17, 15) is 0 Å². The van der Waals surface area contributed by atoms with Crippen molar-refractivity contribution in [3.63, 3.8) is 0 Å². The van der Waals surface area contributed by atoms with Crippen molar-refractivity contribution < 1.29 is 18.9 Å². The Morgan fingerprint density at radius 2 is 0.921 bits per heavy atom. The summed E-state index contributed by atoms with van der Waals surface area (Å²) in [6.45, 7) is 8.85. The minimum Gasteiger partial charge on any atom is -0.478 e. The van der Waals surface area contributed by atoms with Crippen LogP contribution in [0.4, 0.5) is 0 Å². The lowest BCUT2D eigenvalue weighted by atomic mass is 10.1. The monoisotopic (exact) mass is 522 g/mol. The van der Waals surface area contributed by atoms with E-state index in [0.29, 0.717) is 25.0 Å². The largest absolute Gasteiger partial charge is 0.478 e. The molecule has 0 aromatic carbocycles. The zero-order valence-corrected chi connectivity index (χ0v) is 22.9. The van der Waals surface area contributed by atoms with Gasteiger partial charge in [0, 0.05) is 62.1 Å². The van der Waals surface area contributed by atoms with Gasteiger partial charge in [-0.05, 0) is 62.8 Å². The maximum atomic E-state index is 5.74. The summed E-state index contributed by atoms with van der Waals surface area (Å²) in [6.07, 6.45) is 12.0. The Morgan fingerprint density at radius 3 is 1.29 bits per heavy atom. The molecular formula is C30H42N4O4. The summed E-state index contributed by atoms with van der Waals surface area (Å²) >= 11 is 0. The SMILES string of the molecule is CCCCOCCCCOc1ccc(-c2ccc(-c3ccc(OCCCCOCCCC)nc3)nn2)cn1. The molecule has 3 heterocycles. The van der Waals surface area contributed by atoms with Crippen LogP contribution in [0.1, 0.15) is 65.2 Å². The number of ether oxygens (including phenoxy) is 4. The lowest BCUT2D eigenvalue weighted by molar-refractivity contribution is 0.123. The molecule has 0 unspecified atom stereocenters. The average molecular weight is 523 g/mol. The molecule has 38 heavy (non-hydrogen) atoms. The third-order valence-corrected chi connectivity index (χ3v) is 5.88. The van der Waals surface area contributed by atoms with Gasteiger partial charge >= 0.3 is 0 Å². The van der Waals surface area contributed by atoms with Gasteiger partial charge < -0.3 is 18.9 Å². The van der Waals surface area contributed by atoms with Crippen LogP contribution in [-0.2, 0) is 9.47 Å². The highest BCUT2D eigenvalue weighted by molar-refractivity contribution is 5.62. The van der Waals surface area contributed by atoms with Crippen LogP contribution >= 0.6 is 0 Å². The summed E-state index contributed by atoms with van der Waals surface area (Å²) < 4.78 is 22.6. The van der Waals surface area contributed by atoms with Crippen molar-refractivity contribution in [1.29, 1.82) is 0 Å². The van der Waals surface area contributed by atoms with Gasteiger partial charge in [0.05, 0.1) is 24.6 Å². The van der Waals surface area contributed by atoms with Gasteiger partial charge in [0.1, 0.15) is 0 Å². The Bertz CT molecular complexity index is 916. The first-order valence-electron chi connectivity index (χ1n) is 14.0. The van der Waals surface area contributed by atoms with Crippen molar-refractivity contribution in [3.05, 3.63) is 48.8 Å². The van der Waals surface area contributed by atoms with Crippen molar-refractivity contribution in [2.75, 3.05) is 39.6 Å². The van der Waals surface area contributed by atoms with E-state index in [-0.39, 0.29) is 0 Å². The third-order valence-electron chi connectivity index (χ3n) is 5.88. The van der Waals surface area contributed by atoms with E-state index in [1.54, 1.807) is 12.4 Å². The van der Waals surface area contributed by atoms with Crippen molar-refractivity contribution in [2.24, 2.45) is 0 Å². The highest BCUT2D eigenvalue weighted by Gasteiger charge is 2.06. The predicted octanol–water partition coefficient (Wildman–Crippen LogP) is 6.55. The summed E-state index contributed by atoms with van der Waals surface area (Å²) in [7, 11) is 0. The molecule has 0 spiro atoms. The van der Waals surface area contributed by atoms with Gasteiger partial charge in [-0.2, -0.15) is 0 Å². The molecule has 206 valence electrons. The second-order valence-electron chi connectivity index (χ2n) is 9.12. The van der Waals surface area contributed by atoms with E-state index < -0.39 is 0 Å². The first-order valence-corrected chi connectivity index (χ1v) is 14.0. The number of rotatable bonds is 20. The molecular weight excluding hydrogens is 480 g/mol. The van der Waals surface area contributed by atoms with Crippen molar-refractivity contribution in [1.82, 2.24) is 20.2 Å². The fourth-order valence-corrected chi connectivity index (χ4v) is 3.54. The van der Waals surface area contributed by atoms with Crippen molar-refractivity contribution in [2.45, 2.75) is 65.2 Å². The maximum Gasteiger partial charge on any atom is 0.213 e. The fraction of sp³-hybridized carbons (Fsp3) is 0.533. The molecule has 0 N–H and O–H groups in total. The number of aromatic nitrogens is 4. The summed E-state index contributed by atoms with van der Waals surface area (Å²) in [4.78, 5) is 8.81. The molecule has 0 aliphatic heterocycles. The van der Waals surface area contributed by atoms with Crippen LogP contribution < -0.4 is 9.47 Å². The second kappa shape index (κ2) is 18.2. The number of unbranched alkanes of at least 4 members (excludes halogenated alkanes) is 4. The van der Waals surface area contributed by atoms with Crippen LogP contribution in [0.25, 0.3) is 22.5 Å². The zero-order valence-electron chi connectivity index (χ0n) is 22.9. The number of pyridine rings is 2. The Balaban J connectivity index is 1.37. The summed E-state index contributed by atoms with van der Waals surface area (Å²) in [5.41, 5.74) is 3.28. The van der Waals surface area contributed by atoms with Crippen molar-refractivity contribution >= 4 is 0 Å². The molecule has 3 rings (SSSR count). The topological polar surface area (TPSA) is 88.5 Å². The Labute approximate surface area is 227 Å². The molecule has 8 heteroatoms. The van der Waals surface area contributed by atoms with Crippen LogP contribution in [0, 0.1) is 0 Å². The molecule has 0 saturated carbocycles. The van der Waals surface area contributed by atoms with E-state index in [1.807, 2.05) is 36.4 Å². The van der Waals surface area contributed by atoms with Crippen LogP contribution in [0.15, 0.2) is 48.8 Å². The molecule has 0 aliphatic carbocycles. The smallest absolute Gasteiger partial charge is 0.213 e. The standard InChI is InChI=1S/C30H42N4O4/c1-3-5-17-35-19-7-9-21-37-29-15-11-25(23-31-29)27-13-14-28(34-33-27)26-12-16-30(32-24-26)38-22-10-8-20-36-18-6-4-2/h11-16,23-24H,3-10,17-22H2,1-2H3. The normalized spacial score (nSPS) is 11.0. The molecule has 0 amide bonds. The van der Waals surface area contributed by atoms with Crippen LogP contribution in [0.2, 0.25) is 0 Å². The molecule has 0 radical (unpaired) electrons. The molecule has 3 aromatic heterocycles. The van der Waals surface area contributed by atoms with E-state index in [2.05, 4.69) is 34.0 Å². The van der Waals surface area contributed by atoms with Gasteiger partial charge in [-0.15, -0.1) is 10.2 Å². The zero-order chi connectivity index (χ0) is 26.7. The molecule has 0 bridgehead atoms. The molecule has 3 aromatic rings. The van der Waals surface area contributed by atoms with Gasteiger partial charge in [-0.25, -0.2) is 9.97 Å². The predicted molar refractivity (Wildman–Crippen MR) is 149 cm³/mol. The molecule has 0 fully saturated rings. The molecule has 0 aliphatic rings. The lowest BCUT2D eigenvalue weighted by Crippen LogP contribution is -2.03. The second-order valence-corrected chi connectivity index (χ2v) is 9.12. The van der Waals surface area contributed by atoms with Gasteiger partial charge in [0.2, 0.25) is 11.8 Å². The molecule has 8 nitrogen and oxygen atoms in total. The number of hydrogen-bond acceptors (Lipinski definition) is 8. The summed E-state index contributed by atoms with van der Waals surface area (Å²) in [5, 5.41) is 8.75. The minimum atomic E-state index is 0.610. The van der Waals surface area contributed by atoms with E-state index in [0.717, 1.165) is 100 Å².